The van der Waals surface area contributed by atoms with Crippen LogP contribution in [0.25, 0.3) is 0 Å². The summed E-state index contributed by atoms with van der Waals surface area (Å²) in [5, 5.41) is 7.01. The standard InChI is InChI=1S/C8H9F2N3O/c9-8(10)7(14)6-4-13(12-11-6)3-5-1-2-5/h4-5,8H,1-3H2. The maximum Gasteiger partial charge on any atom is 0.302 e. The summed E-state index contributed by atoms with van der Waals surface area (Å²) in [6.45, 7) is 0.670. The quantitative estimate of drug-likeness (QED) is 0.686. The van der Waals surface area contributed by atoms with Crippen molar-refractivity contribution in [2.75, 3.05) is 0 Å². The largest absolute Gasteiger partial charge is 0.302 e. The Labute approximate surface area is 78.9 Å². The lowest BCUT2D eigenvalue weighted by Gasteiger charge is -1.94. The van der Waals surface area contributed by atoms with Crippen LogP contribution in [0.4, 0.5) is 8.78 Å². The number of nitrogens with zero attached hydrogens (tertiary/aromatic N) is 3. The highest BCUT2D eigenvalue weighted by Crippen LogP contribution is 2.30. The Balaban J connectivity index is 2.04. The first-order valence-corrected chi connectivity index (χ1v) is 4.39. The predicted molar refractivity (Wildman–Crippen MR) is 43.1 cm³/mol. The van der Waals surface area contributed by atoms with Crippen molar-refractivity contribution in [3.8, 4) is 0 Å². The molecule has 1 heterocycles. The fraction of sp³-hybridized carbons (Fsp3) is 0.625. The van der Waals surface area contributed by atoms with Gasteiger partial charge in [0.15, 0.2) is 5.69 Å². The van der Waals surface area contributed by atoms with Gasteiger partial charge in [-0.05, 0) is 18.8 Å². The molecule has 0 bridgehead atoms. The van der Waals surface area contributed by atoms with Crippen molar-refractivity contribution in [1.29, 1.82) is 0 Å². The van der Waals surface area contributed by atoms with E-state index in [4.69, 9.17) is 0 Å². The summed E-state index contributed by atoms with van der Waals surface area (Å²) in [4.78, 5) is 10.8. The Morgan fingerprint density at radius 3 is 2.93 bits per heavy atom. The first-order valence-electron chi connectivity index (χ1n) is 4.39. The second kappa shape index (κ2) is 3.43. The van der Waals surface area contributed by atoms with Gasteiger partial charge in [-0.3, -0.25) is 9.48 Å². The van der Waals surface area contributed by atoms with E-state index in [-0.39, 0.29) is 5.69 Å². The predicted octanol–water partition coefficient (Wildman–Crippen LogP) is 1.14. The van der Waals surface area contributed by atoms with E-state index in [0.29, 0.717) is 12.5 Å². The maximum absolute atomic E-state index is 12.0. The average molecular weight is 201 g/mol. The highest BCUT2D eigenvalue weighted by Gasteiger charge is 2.24. The maximum atomic E-state index is 12.0. The molecule has 1 aliphatic carbocycles. The summed E-state index contributed by atoms with van der Waals surface area (Å²) in [5.41, 5.74) is -0.249. The van der Waals surface area contributed by atoms with Gasteiger partial charge in [-0.2, -0.15) is 0 Å². The van der Waals surface area contributed by atoms with Gasteiger partial charge < -0.3 is 0 Å². The monoisotopic (exact) mass is 201 g/mol. The van der Waals surface area contributed by atoms with Crippen LogP contribution in [0.5, 0.6) is 0 Å². The molecule has 0 unspecified atom stereocenters. The number of ketones is 1. The molecule has 0 aromatic carbocycles. The van der Waals surface area contributed by atoms with E-state index in [0.717, 1.165) is 12.8 Å². The lowest BCUT2D eigenvalue weighted by atomic mass is 10.3. The fourth-order valence-electron chi connectivity index (χ4n) is 1.18. The molecule has 76 valence electrons. The molecule has 14 heavy (non-hydrogen) atoms. The molecule has 6 heteroatoms. The van der Waals surface area contributed by atoms with Crippen LogP contribution < -0.4 is 0 Å². The molecule has 1 fully saturated rings. The highest BCUT2D eigenvalue weighted by molar-refractivity contribution is 5.96. The van der Waals surface area contributed by atoms with Crippen LogP contribution in [0.3, 0.4) is 0 Å². The zero-order chi connectivity index (χ0) is 10.1. The van der Waals surface area contributed by atoms with Crippen LogP contribution in [0, 0.1) is 5.92 Å². The minimum Gasteiger partial charge on any atom is -0.286 e. The molecule has 1 aliphatic rings. The average Bonchev–Trinajstić information content (AvgIpc) is 2.81. The van der Waals surface area contributed by atoms with E-state index >= 15 is 0 Å². The normalized spacial score (nSPS) is 16.2. The van der Waals surface area contributed by atoms with Crippen molar-refractivity contribution < 1.29 is 13.6 Å². The SMILES string of the molecule is O=C(c1cn(CC2CC2)nn1)C(F)F. The molecule has 0 aliphatic heterocycles. The van der Waals surface area contributed by atoms with Crippen LogP contribution in [-0.2, 0) is 6.54 Å². The van der Waals surface area contributed by atoms with Gasteiger partial charge in [0, 0.05) is 6.54 Å². The van der Waals surface area contributed by atoms with E-state index in [1.165, 1.54) is 10.9 Å². The van der Waals surface area contributed by atoms with Crippen molar-refractivity contribution in [1.82, 2.24) is 15.0 Å². The zero-order valence-electron chi connectivity index (χ0n) is 7.36. The molecule has 0 N–H and O–H groups in total. The smallest absolute Gasteiger partial charge is 0.286 e. The minimum absolute atomic E-state index is 0.249. The molecular formula is C8H9F2N3O. The van der Waals surface area contributed by atoms with E-state index in [9.17, 15) is 13.6 Å². The van der Waals surface area contributed by atoms with Crippen LogP contribution in [-0.4, -0.2) is 27.2 Å². The van der Waals surface area contributed by atoms with Crippen molar-refractivity contribution in [2.45, 2.75) is 25.8 Å². The number of carbonyl (C=O) groups excluding carboxylic acids is 1. The Bertz CT molecular complexity index is 346. The second-order valence-corrected chi connectivity index (χ2v) is 3.43. The topological polar surface area (TPSA) is 47.8 Å². The number of Topliss-reactive ketones (excluding diaryl/α,β-unsaturated/α-hetero) is 1. The third kappa shape index (κ3) is 1.94. The van der Waals surface area contributed by atoms with Crippen LogP contribution in [0.2, 0.25) is 0 Å². The number of halogens is 2. The zero-order valence-corrected chi connectivity index (χ0v) is 7.36. The summed E-state index contributed by atoms with van der Waals surface area (Å²) >= 11 is 0. The molecule has 0 amide bonds. The van der Waals surface area contributed by atoms with Gasteiger partial charge in [0.25, 0.3) is 5.78 Å². The highest BCUT2D eigenvalue weighted by atomic mass is 19.3. The van der Waals surface area contributed by atoms with Gasteiger partial charge in [-0.15, -0.1) is 5.10 Å². The summed E-state index contributed by atoms with van der Waals surface area (Å²) < 4.78 is 25.4. The van der Waals surface area contributed by atoms with Crippen LogP contribution >= 0.6 is 0 Å². The van der Waals surface area contributed by atoms with E-state index in [1.54, 1.807) is 0 Å². The fourth-order valence-corrected chi connectivity index (χ4v) is 1.18. The molecule has 0 spiro atoms. The molecule has 0 atom stereocenters. The van der Waals surface area contributed by atoms with Gasteiger partial charge >= 0.3 is 6.43 Å². The molecule has 1 saturated carbocycles. The van der Waals surface area contributed by atoms with Gasteiger partial charge in [0.1, 0.15) is 0 Å². The summed E-state index contributed by atoms with van der Waals surface area (Å²) in [5.74, 6) is -0.682. The van der Waals surface area contributed by atoms with E-state index in [1.807, 2.05) is 0 Å². The Kier molecular flexibility index (Phi) is 2.26. The third-order valence-corrected chi connectivity index (χ3v) is 2.13. The summed E-state index contributed by atoms with van der Waals surface area (Å²) in [6.07, 6.45) is 0.559. The number of hydrogen-bond acceptors (Lipinski definition) is 3. The van der Waals surface area contributed by atoms with Crippen LogP contribution in [0.15, 0.2) is 6.20 Å². The lowest BCUT2D eigenvalue weighted by molar-refractivity contribution is 0.0673. The molecule has 4 nitrogen and oxygen atoms in total. The number of rotatable bonds is 4. The summed E-state index contributed by atoms with van der Waals surface area (Å²) in [7, 11) is 0. The van der Waals surface area contributed by atoms with Crippen molar-refractivity contribution in [2.24, 2.45) is 5.92 Å². The van der Waals surface area contributed by atoms with Gasteiger partial charge in [-0.1, -0.05) is 5.21 Å². The molecule has 2 rings (SSSR count). The first-order chi connectivity index (χ1) is 6.66. The Morgan fingerprint density at radius 1 is 1.64 bits per heavy atom. The molecule has 0 saturated heterocycles. The third-order valence-electron chi connectivity index (χ3n) is 2.13. The number of carbonyl (C=O) groups is 1. The Hall–Kier alpha value is -1.33. The summed E-state index contributed by atoms with van der Waals surface area (Å²) in [6, 6.07) is 0. The lowest BCUT2D eigenvalue weighted by Crippen LogP contribution is -2.10. The van der Waals surface area contributed by atoms with Crippen molar-refractivity contribution in [3.05, 3.63) is 11.9 Å². The number of alkyl halides is 2. The molecular weight excluding hydrogens is 192 g/mol. The molecule has 0 radical (unpaired) electrons. The van der Waals surface area contributed by atoms with Gasteiger partial charge in [0.2, 0.25) is 0 Å². The van der Waals surface area contributed by atoms with Crippen LogP contribution in [0.1, 0.15) is 23.3 Å². The minimum atomic E-state index is -3.00. The van der Waals surface area contributed by atoms with Crippen molar-refractivity contribution in [3.63, 3.8) is 0 Å². The Morgan fingerprint density at radius 2 is 2.36 bits per heavy atom. The van der Waals surface area contributed by atoms with Gasteiger partial charge in [0.05, 0.1) is 6.20 Å². The molecule has 1 aromatic rings. The first kappa shape index (κ1) is 9.23. The number of aromatic nitrogens is 3. The second-order valence-electron chi connectivity index (χ2n) is 3.43. The van der Waals surface area contributed by atoms with E-state index in [2.05, 4.69) is 10.3 Å². The van der Waals surface area contributed by atoms with Gasteiger partial charge in [-0.25, -0.2) is 8.78 Å². The molecule has 1 aromatic heterocycles. The van der Waals surface area contributed by atoms with E-state index < -0.39 is 12.2 Å². The number of hydrogen-bond donors (Lipinski definition) is 0. The van der Waals surface area contributed by atoms with Crippen molar-refractivity contribution >= 4 is 5.78 Å².